The van der Waals surface area contributed by atoms with Crippen molar-refractivity contribution in [1.82, 2.24) is 10.6 Å². The Morgan fingerprint density at radius 1 is 1.04 bits per heavy atom. The number of unbranched alkanes of at least 4 members (excludes halogenated alkanes) is 1. The zero-order valence-electron chi connectivity index (χ0n) is 15.5. The molecule has 0 unspecified atom stereocenters. The second-order valence-corrected chi connectivity index (χ2v) is 6.14. The van der Waals surface area contributed by atoms with Crippen LogP contribution in [-0.4, -0.2) is 37.9 Å². The second-order valence-electron chi connectivity index (χ2n) is 6.14. The molecule has 6 heteroatoms. The molecule has 25 heavy (non-hydrogen) atoms. The molecule has 0 spiro atoms. The number of nitrogen functional groups attached to an aromatic ring is 1. The Kier molecular flexibility index (Phi) is 10.3. The lowest BCUT2D eigenvalue weighted by Gasteiger charge is -2.11. The summed E-state index contributed by atoms with van der Waals surface area (Å²) in [5.74, 6) is 0.169. The average molecular weight is 348 g/mol. The summed E-state index contributed by atoms with van der Waals surface area (Å²) < 4.78 is 0. The standard InChI is InChI=1S/C19H32N4O2/c1-3-7-18(24)15-8-9-17(16(20)13-15)22-11-5-6-12-23-19(25)14-21-10-4-2/h8-9,13,21-22H,3-7,10-12,14,20H2,1-2H3,(H,23,25). The molecule has 0 fully saturated rings. The van der Waals surface area contributed by atoms with Crippen LogP contribution in [-0.2, 0) is 4.79 Å². The van der Waals surface area contributed by atoms with Gasteiger partial charge in [-0.15, -0.1) is 0 Å². The van der Waals surface area contributed by atoms with E-state index >= 15 is 0 Å². The first-order valence-corrected chi connectivity index (χ1v) is 9.22. The van der Waals surface area contributed by atoms with Gasteiger partial charge in [-0.2, -0.15) is 0 Å². The zero-order chi connectivity index (χ0) is 18.5. The van der Waals surface area contributed by atoms with Crippen LogP contribution in [0.4, 0.5) is 11.4 Å². The lowest BCUT2D eigenvalue weighted by molar-refractivity contribution is -0.120. The molecule has 0 aliphatic carbocycles. The Morgan fingerprint density at radius 3 is 2.48 bits per heavy atom. The molecule has 0 bridgehead atoms. The largest absolute Gasteiger partial charge is 0.397 e. The predicted molar refractivity (Wildman–Crippen MR) is 104 cm³/mol. The number of hydrogen-bond donors (Lipinski definition) is 4. The molecule has 5 N–H and O–H groups in total. The zero-order valence-corrected chi connectivity index (χ0v) is 15.5. The summed E-state index contributed by atoms with van der Waals surface area (Å²) in [6, 6.07) is 5.42. The molecule has 0 heterocycles. The monoisotopic (exact) mass is 348 g/mol. The van der Waals surface area contributed by atoms with Gasteiger partial charge in [-0.05, 0) is 50.4 Å². The predicted octanol–water partition coefficient (Wildman–Crippen LogP) is 2.56. The van der Waals surface area contributed by atoms with Gasteiger partial charge in [-0.3, -0.25) is 9.59 Å². The van der Waals surface area contributed by atoms with Crippen molar-refractivity contribution in [1.29, 1.82) is 0 Å². The maximum atomic E-state index is 11.9. The van der Waals surface area contributed by atoms with Crippen molar-refractivity contribution in [3.8, 4) is 0 Å². The molecule has 0 saturated heterocycles. The number of rotatable bonds is 13. The summed E-state index contributed by atoms with van der Waals surface area (Å²) in [5, 5.41) is 9.24. The van der Waals surface area contributed by atoms with Crippen molar-refractivity contribution in [2.24, 2.45) is 0 Å². The Hall–Kier alpha value is -2.08. The highest BCUT2D eigenvalue weighted by Crippen LogP contribution is 2.21. The van der Waals surface area contributed by atoms with Crippen molar-refractivity contribution >= 4 is 23.1 Å². The van der Waals surface area contributed by atoms with Crippen LogP contribution in [0.3, 0.4) is 0 Å². The molecule has 1 aromatic rings. The Morgan fingerprint density at radius 2 is 1.80 bits per heavy atom. The van der Waals surface area contributed by atoms with Crippen molar-refractivity contribution in [2.75, 3.05) is 37.2 Å². The minimum Gasteiger partial charge on any atom is -0.397 e. The molecule has 6 nitrogen and oxygen atoms in total. The smallest absolute Gasteiger partial charge is 0.233 e. The van der Waals surface area contributed by atoms with Crippen molar-refractivity contribution in [3.05, 3.63) is 23.8 Å². The van der Waals surface area contributed by atoms with Crippen molar-refractivity contribution < 1.29 is 9.59 Å². The lowest BCUT2D eigenvalue weighted by Crippen LogP contribution is -2.34. The van der Waals surface area contributed by atoms with Crippen LogP contribution in [0.25, 0.3) is 0 Å². The molecular formula is C19H32N4O2. The lowest BCUT2D eigenvalue weighted by atomic mass is 10.1. The fraction of sp³-hybridized carbons (Fsp3) is 0.579. The topological polar surface area (TPSA) is 96.2 Å². The average Bonchev–Trinajstić information content (AvgIpc) is 2.59. The first-order valence-electron chi connectivity index (χ1n) is 9.22. The first kappa shape index (κ1) is 21.0. The van der Waals surface area contributed by atoms with E-state index < -0.39 is 0 Å². The van der Waals surface area contributed by atoms with E-state index in [0.29, 0.717) is 30.8 Å². The second kappa shape index (κ2) is 12.3. The minimum absolute atomic E-state index is 0.0398. The number of carbonyl (C=O) groups is 2. The van der Waals surface area contributed by atoms with Crippen molar-refractivity contribution in [3.63, 3.8) is 0 Å². The van der Waals surface area contributed by atoms with Crippen LogP contribution in [0.5, 0.6) is 0 Å². The van der Waals surface area contributed by atoms with E-state index in [1.807, 2.05) is 19.1 Å². The van der Waals surface area contributed by atoms with E-state index in [1.54, 1.807) is 6.07 Å². The maximum absolute atomic E-state index is 11.9. The summed E-state index contributed by atoms with van der Waals surface area (Å²) in [7, 11) is 0. The van der Waals surface area contributed by atoms with Crippen LogP contribution in [0.15, 0.2) is 18.2 Å². The molecule has 140 valence electrons. The maximum Gasteiger partial charge on any atom is 0.233 e. The van der Waals surface area contributed by atoms with E-state index in [1.165, 1.54) is 0 Å². The van der Waals surface area contributed by atoms with Crippen molar-refractivity contribution in [2.45, 2.75) is 46.0 Å². The van der Waals surface area contributed by atoms with Crippen LogP contribution < -0.4 is 21.7 Å². The number of nitrogens with two attached hydrogens (primary N) is 1. The van der Waals surface area contributed by atoms with Crippen LogP contribution in [0.1, 0.15) is 56.3 Å². The molecule has 1 amide bonds. The third-order valence-corrected chi connectivity index (χ3v) is 3.80. The minimum atomic E-state index is 0.0398. The van der Waals surface area contributed by atoms with Gasteiger partial charge in [-0.25, -0.2) is 0 Å². The van der Waals surface area contributed by atoms with Crippen LogP contribution >= 0.6 is 0 Å². The van der Waals surface area contributed by atoms with E-state index in [0.717, 1.165) is 44.5 Å². The number of ketones is 1. The summed E-state index contributed by atoms with van der Waals surface area (Å²) in [6.07, 6.45) is 4.24. The third-order valence-electron chi connectivity index (χ3n) is 3.80. The first-order chi connectivity index (χ1) is 12.1. The van der Waals surface area contributed by atoms with E-state index in [9.17, 15) is 9.59 Å². The Bertz CT molecular complexity index is 546. The fourth-order valence-electron chi connectivity index (χ4n) is 2.41. The quantitative estimate of drug-likeness (QED) is 0.250. The van der Waals surface area contributed by atoms with Gasteiger partial charge in [0.2, 0.25) is 5.91 Å². The molecular weight excluding hydrogens is 316 g/mol. The molecule has 0 radical (unpaired) electrons. The SMILES string of the molecule is CCCNCC(=O)NCCCCNc1ccc(C(=O)CCC)cc1N. The highest BCUT2D eigenvalue weighted by atomic mass is 16.2. The molecule has 0 atom stereocenters. The van der Waals surface area contributed by atoms with Gasteiger partial charge in [0.05, 0.1) is 17.9 Å². The number of nitrogens with one attached hydrogen (secondary N) is 3. The highest BCUT2D eigenvalue weighted by Gasteiger charge is 2.07. The number of benzene rings is 1. The van der Waals surface area contributed by atoms with Gasteiger partial charge in [0.1, 0.15) is 0 Å². The van der Waals surface area contributed by atoms with Gasteiger partial charge >= 0.3 is 0 Å². The van der Waals surface area contributed by atoms with Crippen LogP contribution in [0, 0.1) is 0 Å². The van der Waals surface area contributed by atoms with Crippen LogP contribution in [0.2, 0.25) is 0 Å². The van der Waals surface area contributed by atoms with E-state index in [4.69, 9.17) is 5.73 Å². The van der Waals surface area contributed by atoms with Gasteiger partial charge < -0.3 is 21.7 Å². The summed E-state index contributed by atoms with van der Waals surface area (Å²) in [6.45, 7) is 6.75. The van der Waals surface area contributed by atoms with E-state index in [2.05, 4.69) is 22.9 Å². The van der Waals surface area contributed by atoms with E-state index in [-0.39, 0.29) is 11.7 Å². The van der Waals surface area contributed by atoms with Gasteiger partial charge in [0.15, 0.2) is 5.78 Å². The number of Topliss-reactive ketones (excluding diaryl/α,β-unsaturated/α-hetero) is 1. The normalized spacial score (nSPS) is 10.5. The molecule has 0 aliphatic rings. The summed E-state index contributed by atoms with van der Waals surface area (Å²) in [5.41, 5.74) is 8.13. The molecule has 1 aromatic carbocycles. The number of hydrogen-bond acceptors (Lipinski definition) is 5. The molecule has 0 aliphatic heterocycles. The molecule has 1 rings (SSSR count). The highest BCUT2D eigenvalue weighted by molar-refractivity contribution is 5.97. The number of anilines is 2. The Labute approximate surface area is 150 Å². The molecule has 0 aromatic heterocycles. The fourth-order valence-corrected chi connectivity index (χ4v) is 2.41. The summed E-state index contributed by atoms with van der Waals surface area (Å²) >= 11 is 0. The number of carbonyl (C=O) groups excluding carboxylic acids is 2. The summed E-state index contributed by atoms with van der Waals surface area (Å²) in [4.78, 5) is 23.4. The Balaban J connectivity index is 2.21. The van der Waals surface area contributed by atoms with Gasteiger partial charge in [-0.1, -0.05) is 13.8 Å². The number of amides is 1. The van der Waals surface area contributed by atoms with Gasteiger partial charge in [0, 0.05) is 25.1 Å². The third kappa shape index (κ3) is 8.54. The molecule has 0 saturated carbocycles. The van der Waals surface area contributed by atoms with Gasteiger partial charge in [0.25, 0.3) is 0 Å².